The van der Waals surface area contributed by atoms with E-state index >= 15 is 0 Å². The van der Waals surface area contributed by atoms with Crippen molar-refractivity contribution in [1.29, 1.82) is 0 Å². The van der Waals surface area contributed by atoms with Gasteiger partial charge in [-0.25, -0.2) is 0 Å². The molecule has 0 aliphatic heterocycles. The minimum Gasteiger partial charge on any atom is -0.365 e. The van der Waals surface area contributed by atoms with E-state index in [4.69, 9.17) is 23.2 Å². The Morgan fingerprint density at radius 1 is 1.08 bits per heavy atom. The SMILES string of the molecule is O=C(c1ccccc1Cl)n1nc(-c2cc(Br)n(Cc3ccsc3)c(=O)c2)cc1NCc1ccc(Cl)s1. The first-order valence-electron chi connectivity index (χ1n) is 10.7. The number of benzene rings is 1. The number of aromatic nitrogens is 3. The lowest BCUT2D eigenvalue weighted by Gasteiger charge is -2.09. The predicted octanol–water partition coefficient (Wildman–Crippen LogP) is 7.25. The largest absolute Gasteiger partial charge is 0.365 e. The first-order chi connectivity index (χ1) is 17.4. The summed E-state index contributed by atoms with van der Waals surface area (Å²) in [4.78, 5) is 27.4. The Morgan fingerprint density at radius 3 is 2.61 bits per heavy atom. The molecule has 1 aromatic carbocycles. The highest BCUT2D eigenvalue weighted by molar-refractivity contribution is 9.10. The average molecular weight is 620 g/mol. The van der Waals surface area contributed by atoms with Crippen LogP contribution in [0.4, 0.5) is 5.82 Å². The molecule has 0 saturated carbocycles. The molecule has 1 N–H and O–H groups in total. The molecule has 0 bridgehead atoms. The molecule has 0 aliphatic carbocycles. The average Bonchev–Trinajstić information content (AvgIpc) is 3.61. The molecule has 36 heavy (non-hydrogen) atoms. The van der Waals surface area contributed by atoms with Crippen LogP contribution in [0.15, 0.2) is 80.8 Å². The van der Waals surface area contributed by atoms with E-state index in [0.717, 1.165) is 10.4 Å². The number of nitrogens with zero attached hydrogens (tertiary/aromatic N) is 3. The monoisotopic (exact) mass is 618 g/mol. The summed E-state index contributed by atoms with van der Waals surface area (Å²) < 4.78 is 4.21. The zero-order valence-electron chi connectivity index (χ0n) is 18.5. The molecule has 11 heteroatoms. The van der Waals surface area contributed by atoms with E-state index < -0.39 is 0 Å². The van der Waals surface area contributed by atoms with Crippen molar-refractivity contribution in [1.82, 2.24) is 14.3 Å². The highest BCUT2D eigenvalue weighted by atomic mass is 79.9. The lowest BCUT2D eigenvalue weighted by Crippen LogP contribution is -2.20. The van der Waals surface area contributed by atoms with Crippen LogP contribution in [0.2, 0.25) is 9.36 Å². The molecule has 5 aromatic rings. The summed E-state index contributed by atoms with van der Waals surface area (Å²) in [5, 5.41) is 12.1. The molecule has 0 fully saturated rings. The first kappa shape index (κ1) is 25.0. The second-order valence-corrected chi connectivity index (χ2v) is 11.6. The summed E-state index contributed by atoms with van der Waals surface area (Å²) >= 11 is 18.9. The molecule has 4 heterocycles. The molecule has 0 atom stereocenters. The van der Waals surface area contributed by atoms with Crippen LogP contribution < -0.4 is 10.9 Å². The van der Waals surface area contributed by atoms with Gasteiger partial charge in [0.25, 0.3) is 11.5 Å². The highest BCUT2D eigenvalue weighted by Crippen LogP contribution is 2.28. The van der Waals surface area contributed by atoms with Crippen molar-refractivity contribution in [2.75, 3.05) is 5.32 Å². The molecule has 0 saturated heterocycles. The van der Waals surface area contributed by atoms with Gasteiger partial charge in [0.15, 0.2) is 0 Å². The van der Waals surface area contributed by atoms with Crippen molar-refractivity contribution in [2.24, 2.45) is 0 Å². The van der Waals surface area contributed by atoms with E-state index in [2.05, 4.69) is 26.3 Å². The van der Waals surface area contributed by atoms with Crippen LogP contribution in [-0.2, 0) is 13.1 Å². The molecule has 4 aromatic heterocycles. The minimum atomic E-state index is -0.386. The zero-order chi connectivity index (χ0) is 25.2. The van der Waals surface area contributed by atoms with Gasteiger partial charge < -0.3 is 5.32 Å². The maximum Gasteiger partial charge on any atom is 0.281 e. The molecule has 0 unspecified atom stereocenters. The Bertz CT molecular complexity index is 1610. The fourth-order valence-electron chi connectivity index (χ4n) is 3.61. The Balaban J connectivity index is 1.52. The third-order valence-corrected chi connectivity index (χ3v) is 8.32. The van der Waals surface area contributed by atoms with Crippen LogP contribution in [0.3, 0.4) is 0 Å². The van der Waals surface area contributed by atoms with Crippen molar-refractivity contribution < 1.29 is 4.79 Å². The van der Waals surface area contributed by atoms with Gasteiger partial charge in [0, 0.05) is 22.6 Å². The fraction of sp³-hybridized carbons (Fsp3) is 0.0800. The molecule has 6 nitrogen and oxygen atoms in total. The summed E-state index contributed by atoms with van der Waals surface area (Å²) in [5.74, 6) is 0.0847. The van der Waals surface area contributed by atoms with Gasteiger partial charge in [0.2, 0.25) is 0 Å². The van der Waals surface area contributed by atoms with Gasteiger partial charge in [-0.1, -0.05) is 35.3 Å². The first-order valence-corrected chi connectivity index (χ1v) is 14.0. The molecule has 0 spiro atoms. The predicted molar refractivity (Wildman–Crippen MR) is 151 cm³/mol. The van der Waals surface area contributed by atoms with E-state index in [9.17, 15) is 9.59 Å². The normalized spacial score (nSPS) is 11.1. The standard InChI is InChI=1S/C25H17BrCl2N4O2S2/c26-21-9-16(10-24(33)31(21)13-15-7-8-35-14-15)20-11-23(29-12-17-5-6-22(28)36-17)32(30-20)25(34)18-3-1-2-4-19(18)27/h1-11,14,29H,12-13H2. The van der Waals surface area contributed by atoms with Gasteiger partial charge in [-0.3, -0.25) is 14.2 Å². The lowest BCUT2D eigenvalue weighted by molar-refractivity contribution is 0.0948. The summed E-state index contributed by atoms with van der Waals surface area (Å²) in [7, 11) is 0. The number of anilines is 1. The minimum absolute atomic E-state index is 0.180. The van der Waals surface area contributed by atoms with E-state index in [1.54, 1.807) is 46.2 Å². The quantitative estimate of drug-likeness (QED) is 0.195. The Kier molecular flexibility index (Phi) is 7.45. The highest BCUT2D eigenvalue weighted by Gasteiger charge is 2.20. The summed E-state index contributed by atoms with van der Waals surface area (Å²) in [6, 6.07) is 17.6. The fourth-order valence-corrected chi connectivity index (χ4v) is 6.06. The third-order valence-electron chi connectivity index (χ3n) is 5.37. The smallest absolute Gasteiger partial charge is 0.281 e. The van der Waals surface area contributed by atoms with Gasteiger partial charge in [0.1, 0.15) is 5.82 Å². The molecule has 0 amide bonds. The lowest BCUT2D eigenvalue weighted by atomic mass is 10.2. The van der Waals surface area contributed by atoms with Crippen molar-refractivity contribution >= 4 is 73.5 Å². The van der Waals surface area contributed by atoms with Crippen molar-refractivity contribution in [3.8, 4) is 11.3 Å². The van der Waals surface area contributed by atoms with Crippen molar-refractivity contribution in [2.45, 2.75) is 13.1 Å². The number of hydrogen-bond acceptors (Lipinski definition) is 6. The van der Waals surface area contributed by atoms with Gasteiger partial charge in [-0.05, 0) is 68.7 Å². The maximum atomic E-state index is 13.4. The molecular formula is C25H17BrCl2N4O2S2. The number of nitrogens with one attached hydrogen (secondary N) is 1. The van der Waals surface area contributed by atoms with Gasteiger partial charge in [0.05, 0.1) is 38.3 Å². The van der Waals surface area contributed by atoms with Gasteiger partial charge in [-0.15, -0.1) is 11.3 Å². The molecule has 5 rings (SSSR count). The molecule has 0 radical (unpaired) electrons. The van der Waals surface area contributed by atoms with Crippen LogP contribution in [0.5, 0.6) is 0 Å². The Labute approximate surface area is 232 Å². The van der Waals surface area contributed by atoms with E-state index in [1.165, 1.54) is 22.1 Å². The Hall–Kier alpha value is -2.69. The van der Waals surface area contributed by atoms with Crippen LogP contribution >= 0.6 is 61.8 Å². The van der Waals surface area contributed by atoms with E-state index in [0.29, 0.717) is 49.7 Å². The van der Waals surface area contributed by atoms with Crippen molar-refractivity contribution in [3.05, 3.63) is 112 Å². The van der Waals surface area contributed by atoms with E-state index in [1.807, 2.05) is 35.0 Å². The summed E-state index contributed by atoms with van der Waals surface area (Å²) in [5.41, 5.74) is 2.25. The number of rotatable bonds is 7. The zero-order valence-corrected chi connectivity index (χ0v) is 23.2. The molecule has 182 valence electrons. The Morgan fingerprint density at radius 2 is 1.92 bits per heavy atom. The molecule has 0 aliphatic rings. The van der Waals surface area contributed by atoms with E-state index in [-0.39, 0.29) is 11.5 Å². The summed E-state index contributed by atoms with van der Waals surface area (Å²) in [6.45, 7) is 0.906. The third kappa shape index (κ3) is 5.35. The number of carbonyl (C=O) groups excluding carboxylic acids is 1. The topological polar surface area (TPSA) is 68.9 Å². The second kappa shape index (κ2) is 10.7. The summed E-state index contributed by atoms with van der Waals surface area (Å²) in [6.07, 6.45) is 0. The number of hydrogen-bond donors (Lipinski definition) is 1. The maximum absolute atomic E-state index is 13.4. The van der Waals surface area contributed by atoms with Crippen molar-refractivity contribution in [3.63, 3.8) is 0 Å². The molecular weight excluding hydrogens is 603 g/mol. The van der Waals surface area contributed by atoms with Crippen LogP contribution in [0.1, 0.15) is 20.8 Å². The van der Waals surface area contributed by atoms with Crippen LogP contribution in [-0.4, -0.2) is 20.3 Å². The number of halogens is 3. The van der Waals surface area contributed by atoms with Gasteiger partial charge >= 0.3 is 0 Å². The van der Waals surface area contributed by atoms with Crippen LogP contribution in [0, 0.1) is 0 Å². The van der Waals surface area contributed by atoms with Gasteiger partial charge in [-0.2, -0.15) is 21.1 Å². The second-order valence-electron chi connectivity index (χ2n) is 7.79. The van der Waals surface area contributed by atoms with Crippen LogP contribution in [0.25, 0.3) is 11.3 Å². The number of carbonyl (C=O) groups is 1. The number of thiophene rings is 2. The number of pyridine rings is 1.